The minimum absolute atomic E-state index is 0.0139. The summed E-state index contributed by atoms with van der Waals surface area (Å²) in [5.41, 5.74) is 3.97. The van der Waals surface area contributed by atoms with E-state index in [2.05, 4.69) is 5.32 Å². The highest BCUT2D eigenvalue weighted by Gasteiger charge is 2.41. The van der Waals surface area contributed by atoms with Crippen LogP contribution in [-0.2, 0) is 19.1 Å². The number of ketones is 1. The van der Waals surface area contributed by atoms with Crippen molar-refractivity contribution in [1.82, 2.24) is 5.32 Å². The minimum atomic E-state index is -0.655. The molecule has 2 aromatic carbocycles. The lowest BCUT2D eigenvalue weighted by Gasteiger charge is -2.36. The summed E-state index contributed by atoms with van der Waals surface area (Å²) in [6.45, 7) is 3.10. The van der Waals surface area contributed by atoms with Crippen molar-refractivity contribution >= 4 is 29.3 Å². The van der Waals surface area contributed by atoms with Crippen LogP contribution >= 0.6 is 11.6 Å². The van der Waals surface area contributed by atoms with Gasteiger partial charge < -0.3 is 19.5 Å². The van der Waals surface area contributed by atoms with Crippen LogP contribution in [0.25, 0.3) is 0 Å². The van der Waals surface area contributed by atoms with Gasteiger partial charge in [-0.1, -0.05) is 29.8 Å². The van der Waals surface area contributed by atoms with E-state index in [-0.39, 0.29) is 17.5 Å². The summed E-state index contributed by atoms with van der Waals surface area (Å²) in [6, 6.07) is 12.5. The SMILES string of the molecule is COC(=O)C1=C(C)NC2=C(C(=O)C[C@@H](c3ccc(Cl)cc3)C2)[C@@H]1c1ccc(OC(C)=O)c(OC)c1. The molecule has 0 radical (unpaired) electrons. The third-order valence-electron chi connectivity index (χ3n) is 6.35. The van der Waals surface area contributed by atoms with Crippen molar-refractivity contribution in [2.75, 3.05) is 14.2 Å². The molecule has 1 aliphatic heterocycles. The molecule has 0 aromatic heterocycles. The maximum atomic E-state index is 13.6. The average Bonchev–Trinajstić information content (AvgIpc) is 2.83. The van der Waals surface area contributed by atoms with Crippen molar-refractivity contribution in [3.05, 3.63) is 81.2 Å². The van der Waals surface area contributed by atoms with Crippen molar-refractivity contribution in [2.24, 2.45) is 0 Å². The van der Waals surface area contributed by atoms with E-state index in [1.54, 1.807) is 25.1 Å². The van der Waals surface area contributed by atoms with Crippen LogP contribution in [0, 0.1) is 0 Å². The first kappa shape index (κ1) is 24.5. The Labute approximate surface area is 208 Å². The number of rotatable bonds is 5. The van der Waals surface area contributed by atoms with Crippen molar-refractivity contribution < 1.29 is 28.6 Å². The van der Waals surface area contributed by atoms with E-state index >= 15 is 0 Å². The van der Waals surface area contributed by atoms with Crippen LogP contribution in [0.4, 0.5) is 0 Å². The van der Waals surface area contributed by atoms with Gasteiger partial charge in [0.15, 0.2) is 17.3 Å². The molecule has 4 rings (SSSR count). The van der Waals surface area contributed by atoms with Crippen molar-refractivity contribution in [3.8, 4) is 11.5 Å². The van der Waals surface area contributed by atoms with Crippen molar-refractivity contribution in [3.63, 3.8) is 0 Å². The number of carbonyl (C=O) groups is 3. The number of carbonyl (C=O) groups excluding carboxylic acids is 3. The number of nitrogens with one attached hydrogen (secondary N) is 1. The molecular weight excluding hydrogens is 470 g/mol. The lowest BCUT2D eigenvalue weighted by atomic mass is 9.71. The highest BCUT2D eigenvalue weighted by molar-refractivity contribution is 6.30. The maximum Gasteiger partial charge on any atom is 0.336 e. The van der Waals surface area contributed by atoms with Crippen molar-refractivity contribution in [1.29, 1.82) is 0 Å². The normalized spacial score (nSPS) is 19.6. The first-order valence-corrected chi connectivity index (χ1v) is 11.6. The van der Waals surface area contributed by atoms with E-state index in [0.29, 0.717) is 46.0 Å². The molecule has 8 heteroatoms. The Morgan fingerprint density at radius 3 is 2.31 bits per heavy atom. The van der Waals surface area contributed by atoms with Crippen molar-refractivity contribution in [2.45, 2.75) is 38.5 Å². The second-order valence-electron chi connectivity index (χ2n) is 8.56. The van der Waals surface area contributed by atoms with E-state index in [4.69, 9.17) is 25.8 Å². The Balaban J connectivity index is 1.81. The number of esters is 2. The number of benzene rings is 2. The number of methoxy groups -OCH3 is 2. The van der Waals surface area contributed by atoms with Crippen LogP contribution < -0.4 is 14.8 Å². The highest BCUT2D eigenvalue weighted by Crippen LogP contribution is 2.47. The van der Waals surface area contributed by atoms with E-state index in [9.17, 15) is 14.4 Å². The number of hydrogen-bond donors (Lipinski definition) is 1. The molecule has 0 fully saturated rings. The summed E-state index contributed by atoms with van der Waals surface area (Å²) in [4.78, 5) is 37.9. The number of halogens is 1. The zero-order valence-electron chi connectivity index (χ0n) is 19.9. The molecule has 2 atom stereocenters. The van der Waals surface area contributed by atoms with Crippen LogP contribution in [0.3, 0.4) is 0 Å². The number of ether oxygens (including phenoxy) is 3. The van der Waals surface area contributed by atoms with Crippen LogP contribution in [-0.4, -0.2) is 31.9 Å². The van der Waals surface area contributed by atoms with Gasteiger partial charge >= 0.3 is 11.9 Å². The number of hydrogen-bond acceptors (Lipinski definition) is 7. The van der Waals surface area contributed by atoms with E-state index < -0.39 is 17.9 Å². The predicted molar refractivity (Wildman–Crippen MR) is 130 cm³/mol. The monoisotopic (exact) mass is 495 g/mol. The van der Waals surface area contributed by atoms with Gasteiger partial charge in [0.05, 0.1) is 19.8 Å². The van der Waals surface area contributed by atoms with Crippen LogP contribution in [0.15, 0.2) is 65.0 Å². The number of Topliss-reactive ketones (excluding diaryl/α,β-unsaturated/α-hetero) is 1. The summed E-state index contributed by atoms with van der Waals surface area (Å²) in [5, 5.41) is 3.94. The fourth-order valence-electron chi connectivity index (χ4n) is 4.83. The van der Waals surface area contributed by atoms with Gasteiger partial charge in [0, 0.05) is 41.3 Å². The average molecular weight is 496 g/mol. The quantitative estimate of drug-likeness (QED) is 0.470. The second kappa shape index (κ2) is 9.96. The summed E-state index contributed by atoms with van der Waals surface area (Å²) in [5.74, 6) is -1.15. The van der Waals surface area contributed by atoms with Crippen LogP contribution in [0.2, 0.25) is 5.02 Å². The molecule has 0 bridgehead atoms. The smallest absolute Gasteiger partial charge is 0.336 e. The third kappa shape index (κ3) is 4.82. The molecule has 2 aromatic rings. The fourth-order valence-corrected chi connectivity index (χ4v) is 4.95. The van der Waals surface area contributed by atoms with Gasteiger partial charge in [0.1, 0.15) is 0 Å². The zero-order chi connectivity index (χ0) is 25.3. The molecule has 0 saturated heterocycles. The van der Waals surface area contributed by atoms with Gasteiger partial charge in [-0.25, -0.2) is 4.79 Å². The summed E-state index contributed by atoms with van der Waals surface area (Å²) < 4.78 is 15.7. The minimum Gasteiger partial charge on any atom is -0.493 e. The first-order chi connectivity index (χ1) is 16.7. The molecule has 35 heavy (non-hydrogen) atoms. The molecule has 7 nitrogen and oxygen atoms in total. The molecule has 1 N–H and O–H groups in total. The molecule has 1 aliphatic carbocycles. The van der Waals surface area contributed by atoms with E-state index in [1.807, 2.05) is 24.3 Å². The fraction of sp³-hybridized carbons (Fsp3) is 0.296. The zero-order valence-corrected chi connectivity index (χ0v) is 20.7. The Hall–Kier alpha value is -3.58. The Bertz CT molecular complexity index is 1260. The van der Waals surface area contributed by atoms with Gasteiger partial charge in [-0.05, 0) is 54.7 Å². The maximum absolute atomic E-state index is 13.6. The highest BCUT2D eigenvalue weighted by atomic mass is 35.5. The summed E-state index contributed by atoms with van der Waals surface area (Å²) in [7, 11) is 2.78. The first-order valence-electron chi connectivity index (χ1n) is 11.2. The van der Waals surface area contributed by atoms with Gasteiger partial charge in [-0.3, -0.25) is 9.59 Å². The lowest BCUT2D eigenvalue weighted by molar-refractivity contribution is -0.136. The topological polar surface area (TPSA) is 90.9 Å². The van der Waals surface area contributed by atoms with Gasteiger partial charge in [-0.2, -0.15) is 0 Å². The molecule has 0 unspecified atom stereocenters. The van der Waals surface area contributed by atoms with Crippen LogP contribution in [0.5, 0.6) is 11.5 Å². The van der Waals surface area contributed by atoms with E-state index in [1.165, 1.54) is 21.1 Å². The predicted octanol–water partition coefficient (Wildman–Crippen LogP) is 4.81. The van der Waals surface area contributed by atoms with Gasteiger partial charge in [-0.15, -0.1) is 0 Å². The van der Waals surface area contributed by atoms with Crippen LogP contribution in [0.1, 0.15) is 49.7 Å². The molecule has 182 valence electrons. The Morgan fingerprint density at radius 2 is 1.69 bits per heavy atom. The Kier molecular flexibility index (Phi) is 6.98. The standard InChI is InChI=1S/C27H26ClNO6/c1-14-24(27(32)34-4)25(17-7-10-22(35-15(2)30)23(13-17)33-3)26-20(29-14)11-18(12-21(26)31)16-5-8-19(28)9-6-16/h5-10,13,18,25,29H,11-12H2,1-4H3/t18-,25+/m0/s1. The summed E-state index contributed by atoms with van der Waals surface area (Å²) >= 11 is 6.04. The number of dihydropyridines is 1. The molecular formula is C27H26ClNO6. The third-order valence-corrected chi connectivity index (χ3v) is 6.60. The molecule has 0 saturated carbocycles. The second-order valence-corrected chi connectivity index (χ2v) is 9.00. The largest absolute Gasteiger partial charge is 0.493 e. The van der Waals surface area contributed by atoms with Gasteiger partial charge in [0.25, 0.3) is 0 Å². The van der Waals surface area contributed by atoms with Gasteiger partial charge in [0.2, 0.25) is 0 Å². The molecule has 0 amide bonds. The Morgan fingerprint density at radius 1 is 1.00 bits per heavy atom. The molecule has 0 spiro atoms. The molecule has 2 aliphatic rings. The molecule has 1 heterocycles. The lowest BCUT2D eigenvalue weighted by Crippen LogP contribution is -2.36. The number of allylic oxidation sites excluding steroid dienone is 3. The summed E-state index contributed by atoms with van der Waals surface area (Å²) in [6.07, 6.45) is 0.905. The van der Waals surface area contributed by atoms with E-state index in [0.717, 1.165) is 11.3 Å².